The number of anilines is 1. The number of nitrogens with one attached hydrogen (secondary N) is 2. The van der Waals surface area contributed by atoms with Gasteiger partial charge < -0.3 is 25.0 Å². The van der Waals surface area contributed by atoms with Gasteiger partial charge in [-0.15, -0.1) is 0 Å². The molecule has 2 heterocycles. The monoisotopic (exact) mass is 444 g/mol. The van der Waals surface area contributed by atoms with Crippen molar-refractivity contribution in [3.8, 4) is 11.5 Å². The van der Waals surface area contributed by atoms with Gasteiger partial charge in [0.2, 0.25) is 6.79 Å². The summed E-state index contributed by atoms with van der Waals surface area (Å²) in [7, 11) is 2.09. The first-order valence-corrected chi connectivity index (χ1v) is 10.5. The molecule has 0 spiro atoms. The van der Waals surface area contributed by atoms with Gasteiger partial charge in [-0.3, -0.25) is 14.5 Å². The molecule has 4 rings (SSSR count). The lowest BCUT2D eigenvalue weighted by Crippen LogP contribution is -2.49. The summed E-state index contributed by atoms with van der Waals surface area (Å²) < 4.78 is 10.9. The van der Waals surface area contributed by atoms with Crippen LogP contribution in [0, 0.1) is 0 Å². The quantitative estimate of drug-likeness (QED) is 0.687. The number of hydrogen-bond donors (Lipinski definition) is 2. The lowest BCUT2D eigenvalue weighted by Gasteiger charge is -2.38. The van der Waals surface area contributed by atoms with Crippen LogP contribution in [0.3, 0.4) is 0 Å². The Hall–Kier alpha value is -2.81. The molecule has 0 aromatic heterocycles. The van der Waals surface area contributed by atoms with Gasteiger partial charge in [-0.1, -0.05) is 29.8 Å². The highest BCUT2D eigenvalue weighted by Crippen LogP contribution is 2.35. The van der Waals surface area contributed by atoms with Gasteiger partial charge >= 0.3 is 11.8 Å². The van der Waals surface area contributed by atoms with E-state index >= 15 is 0 Å². The zero-order chi connectivity index (χ0) is 21.8. The van der Waals surface area contributed by atoms with Gasteiger partial charge in [-0.2, -0.15) is 0 Å². The molecule has 2 aromatic rings. The molecule has 0 bridgehead atoms. The Kier molecular flexibility index (Phi) is 6.60. The Balaban J connectivity index is 1.45. The van der Waals surface area contributed by atoms with E-state index in [1.54, 1.807) is 24.3 Å². The van der Waals surface area contributed by atoms with E-state index in [1.807, 2.05) is 18.2 Å². The topological polar surface area (TPSA) is 83.1 Å². The molecule has 0 saturated carbocycles. The maximum atomic E-state index is 12.5. The highest BCUT2D eigenvalue weighted by Gasteiger charge is 2.27. The van der Waals surface area contributed by atoms with Gasteiger partial charge in [0.25, 0.3) is 0 Å². The first-order chi connectivity index (χ1) is 15.0. The molecule has 0 aliphatic carbocycles. The molecule has 1 atom stereocenters. The Bertz CT molecular complexity index is 962. The second-order valence-corrected chi connectivity index (χ2v) is 8.02. The van der Waals surface area contributed by atoms with Crippen LogP contribution in [0.25, 0.3) is 0 Å². The van der Waals surface area contributed by atoms with Crippen LogP contribution < -0.4 is 20.1 Å². The number of halogens is 1. The SMILES string of the molecule is CN1CCN(C(CNC(=O)C(=O)Nc2ccccc2Cl)c2ccc3c(c2)OCO3)CC1. The highest BCUT2D eigenvalue weighted by molar-refractivity contribution is 6.41. The van der Waals surface area contributed by atoms with Crippen LogP contribution in [0.15, 0.2) is 42.5 Å². The van der Waals surface area contributed by atoms with Gasteiger partial charge in [0.1, 0.15) is 0 Å². The minimum Gasteiger partial charge on any atom is -0.454 e. The summed E-state index contributed by atoms with van der Waals surface area (Å²) in [5.74, 6) is -0.0563. The number of rotatable bonds is 5. The third-order valence-electron chi connectivity index (χ3n) is 5.54. The van der Waals surface area contributed by atoms with Gasteiger partial charge in [0, 0.05) is 32.7 Å². The van der Waals surface area contributed by atoms with Crippen LogP contribution in [-0.2, 0) is 9.59 Å². The maximum Gasteiger partial charge on any atom is 0.313 e. The third kappa shape index (κ3) is 5.10. The van der Waals surface area contributed by atoms with E-state index in [0.717, 1.165) is 31.7 Å². The van der Waals surface area contributed by atoms with Gasteiger partial charge in [0.05, 0.1) is 16.8 Å². The van der Waals surface area contributed by atoms with E-state index in [4.69, 9.17) is 21.1 Å². The number of carbonyl (C=O) groups is 2. The Morgan fingerprint density at radius 2 is 1.77 bits per heavy atom. The number of ether oxygens (including phenoxy) is 2. The molecule has 164 valence electrons. The van der Waals surface area contributed by atoms with Crippen molar-refractivity contribution in [3.63, 3.8) is 0 Å². The highest BCUT2D eigenvalue weighted by atomic mass is 35.5. The summed E-state index contributed by atoms with van der Waals surface area (Å²) >= 11 is 6.06. The van der Waals surface area contributed by atoms with Crippen LogP contribution in [0.5, 0.6) is 11.5 Å². The predicted octanol–water partition coefficient (Wildman–Crippen LogP) is 2.11. The number of para-hydroxylation sites is 1. The molecule has 2 aliphatic heterocycles. The third-order valence-corrected chi connectivity index (χ3v) is 5.87. The summed E-state index contributed by atoms with van der Waals surface area (Å²) in [5, 5.41) is 5.70. The number of nitrogens with zero attached hydrogens (tertiary/aromatic N) is 2. The lowest BCUT2D eigenvalue weighted by molar-refractivity contribution is -0.136. The molecule has 2 N–H and O–H groups in total. The van der Waals surface area contributed by atoms with E-state index in [1.165, 1.54) is 0 Å². The van der Waals surface area contributed by atoms with Crippen molar-refractivity contribution in [2.75, 3.05) is 51.9 Å². The van der Waals surface area contributed by atoms with Crippen molar-refractivity contribution in [2.24, 2.45) is 0 Å². The zero-order valence-electron chi connectivity index (χ0n) is 17.3. The van der Waals surface area contributed by atoms with E-state index < -0.39 is 11.8 Å². The fourth-order valence-electron chi connectivity index (χ4n) is 3.72. The molecular formula is C22H25ClN4O4. The van der Waals surface area contributed by atoms with Crippen molar-refractivity contribution in [2.45, 2.75) is 6.04 Å². The second kappa shape index (κ2) is 9.55. The van der Waals surface area contributed by atoms with Gasteiger partial charge in [0.15, 0.2) is 11.5 Å². The minimum absolute atomic E-state index is 0.0970. The first-order valence-electron chi connectivity index (χ1n) is 10.2. The van der Waals surface area contributed by atoms with Gasteiger partial charge in [-0.05, 0) is 36.9 Å². The maximum absolute atomic E-state index is 12.5. The predicted molar refractivity (Wildman–Crippen MR) is 117 cm³/mol. The standard InChI is InChI=1S/C22H25ClN4O4/c1-26-8-10-27(11-9-26)18(15-6-7-19-20(12-15)31-14-30-19)13-24-21(28)22(29)25-17-5-3-2-4-16(17)23/h2-7,12,18H,8-11,13-14H2,1H3,(H,24,28)(H,25,29). The summed E-state index contributed by atoms with van der Waals surface area (Å²) in [5.41, 5.74) is 1.40. The zero-order valence-corrected chi connectivity index (χ0v) is 18.0. The molecule has 2 aromatic carbocycles. The van der Waals surface area contributed by atoms with Crippen molar-refractivity contribution < 1.29 is 19.1 Å². The smallest absolute Gasteiger partial charge is 0.313 e. The van der Waals surface area contributed by atoms with Crippen molar-refractivity contribution in [1.82, 2.24) is 15.1 Å². The average Bonchev–Trinajstić information content (AvgIpc) is 3.24. The molecule has 2 amide bonds. The molecule has 0 radical (unpaired) electrons. The summed E-state index contributed by atoms with van der Waals surface area (Å²) in [6.45, 7) is 4.08. The van der Waals surface area contributed by atoms with E-state index in [9.17, 15) is 9.59 Å². The molecular weight excluding hydrogens is 420 g/mol. The van der Waals surface area contributed by atoms with E-state index in [2.05, 4.69) is 27.5 Å². The minimum atomic E-state index is -0.754. The molecule has 1 fully saturated rings. The van der Waals surface area contributed by atoms with Crippen LogP contribution in [0.4, 0.5) is 5.69 Å². The molecule has 31 heavy (non-hydrogen) atoms. The number of benzene rings is 2. The Morgan fingerprint density at radius 3 is 2.55 bits per heavy atom. The number of fused-ring (bicyclic) bond motifs is 1. The fraction of sp³-hybridized carbons (Fsp3) is 0.364. The number of carbonyl (C=O) groups excluding carboxylic acids is 2. The van der Waals surface area contributed by atoms with Crippen LogP contribution in [0.2, 0.25) is 5.02 Å². The summed E-state index contributed by atoms with van der Waals surface area (Å²) in [4.78, 5) is 29.4. The molecule has 2 aliphatic rings. The largest absolute Gasteiger partial charge is 0.454 e. The van der Waals surface area contributed by atoms with Crippen LogP contribution >= 0.6 is 11.6 Å². The Labute approximate surface area is 186 Å². The Morgan fingerprint density at radius 1 is 1.03 bits per heavy atom. The van der Waals surface area contributed by atoms with E-state index in [0.29, 0.717) is 22.2 Å². The molecule has 1 unspecified atom stereocenters. The van der Waals surface area contributed by atoms with Crippen molar-refractivity contribution in [3.05, 3.63) is 53.1 Å². The first kappa shape index (κ1) is 21.4. The van der Waals surface area contributed by atoms with Crippen LogP contribution in [-0.4, -0.2) is 68.2 Å². The summed E-state index contributed by atoms with van der Waals surface area (Å²) in [6, 6.07) is 12.5. The normalized spacial score (nSPS) is 17.2. The summed E-state index contributed by atoms with van der Waals surface area (Å²) in [6.07, 6.45) is 0. The fourth-order valence-corrected chi connectivity index (χ4v) is 3.91. The second-order valence-electron chi connectivity index (χ2n) is 7.61. The van der Waals surface area contributed by atoms with Crippen molar-refractivity contribution in [1.29, 1.82) is 0 Å². The number of hydrogen-bond acceptors (Lipinski definition) is 6. The molecule has 1 saturated heterocycles. The van der Waals surface area contributed by atoms with E-state index in [-0.39, 0.29) is 19.4 Å². The molecule has 8 nitrogen and oxygen atoms in total. The lowest BCUT2D eigenvalue weighted by atomic mass is 10.0. The average molecular weight is 445 g/mol. The number of piperazine rings is 1. The van der Waals surface area contributed by atoms with Crippen LogP contribution in [0.1, 0.15) is 11.6 Å². The number of amides is 2. The molecule has 9 heteroatoms. The van der Waals surface area contributed by atoms with Gasteiger partial charge in [-0.25, -0.2) is 0 Å². The number of likely N-dealkylation sites (N-methyl/N-ethyl adjacent to an activating group) is 1. The van der Waals surface area contributed by atoms with Crippen molar-refractivity contribution >= 4 is 29.1 Å².